The number of hydrogen-bond acceptors (Lipinski definition) is 2. The summed E-state index contributed by atoms with van der Waals surface area (Å²) >= 11 is 1.67. The van der Waals surface area contributed by atoms with E-state index in [1.807, 2.05) is 6.07 Å². The van der Waals surface area contributed by atoms with Crippen LogP contribution in [-0.2, 0) is 19.4 Å². The maximum absolute atomic E-state index is 8.10. The van der Waals surface area contributed by atoms with Crippen LogP contribution in [0.4, 0.5) is 0 Å². The van der Waals surface area contributed by atoms with Crippen molar-refractivity contribution in [2.75, 3.05) is 0 Å². The van der Waals surface area contributed by atoms with Crippen LogP contribution < -0.4 is 17.2 Å². The number of rotatable bonds is 2. The molecule has 2 aromatic rings. The van der Waals surface area contributed by atoms with Crippen molar-refractivity contribution in [2.45, 2.75) is 32.2 Å². The summed E-state index contributed by atoms with van der Waals surface area (Å²) in [4.78, 5) is 2.15. The summed E-state index contributed by atoms with van der Waals surface area (Å²) in [6, 6.07) is 10.5. The van der Waals surface area contributed by atoms with Crippen molar-refractivity contribution in [3.8, 4) is 0 Å². The first-order valence-corrected chi connectivity index (χ1v) is 6.96. The Morgan fingerprint density at radius 2 is 1.89 bits per heavy atom. The number of nitrogens with zero attached hydrogens (tertiary/aromatic N) is 1. The summed E-state index contributed by atoms with van der Waals surface area (Å²) < 4.78 is 2.19. The summed E-state index contributed by atoms with van der Waals surface area (Å²) in [6.45, 7) is 0.853. The van der Waals surface area contributed by atoms with E-state index in [1.165, 1.54) is 35.4 Å². The van der Waals surface area contributed by atoms with Gasteiger partial charge >= 0.3 is 1.43 Å². The minimum Gasteiger partial charge on any atom is -1.00 e. The van der Waals surface area contributed by atoms with E-state index in [2.05, 4.69) is 28.8 Å². The second-order valence-electron chi connectivity index (χ2n) is 4.56. The first-order chi connectivity index (χ1) is 8.34. The molecular weight excluding hydrogens is 264 g/mol. The molecule has 1 N–H and O–H groups in total. The van der Waals surface area contributed by atoms with Gasteiger partial charge in [0.25, 0.3) is 0 Å². The van der Waals surface area contributed by atoms with Crippen LogP contribution in [0.1, 0.15) is 30.4 Å². The molecule has 18 heavy (non-hydrogen) atoms. The van der Waals surface area contributed by atoms with Crippen molar-refractivity contribution in [1.29, 1.82) is 5.41 Å². The molecular formula is C14H17ClN2S. The van der Waals surface area contributed by atoms with Crippen molar-refractivity contribution in [3.63, 3.8) is 0 Å². The lowest BCUT2D eigenvalue weighted by molar-refractivity contribution is -0.00000362. The van der Waals surface area contributed by atoms with E-state index in [0.717, 1.165) is 13.0 Å². The second-order valence-corrected chi connectivity index (χ2v) is 5.64. The number of aromatic nitrogens is 1. The van der Waals surface area contributed by atoms with Gasteiger partial charge in [0.2, 0.25) is 0 Å². The molecule has 0 radical (unpaired) electrons. The molecule has 0 spiro atoms. The van der Waals surface area contributed by atoms with Gasteiger partial charge in [-0.2, -0.15) is 0 Å². The van der Waals surface area contributed by atoms with E-state index < -0.39 is 0 Å². The Morgan fingerprint density at radius 3 is 2.67 bits per heavy atom. The Hall–Kier alpha value is -1.06. The van der Waals surface area contributed by atoms with Gasteiger partial charge in [0, 0.05) is 10.6 Å². The van der Waals surface area contributed by atoms with Crippen LogP contribution in [0.15, 0.2) is 30.3 Å². The van der Waals surface area contributed by atoms with Crippen molar-refractivity contribution >= 4 is 11.3 Å². The van der Waals surface area contributed by atoms with Crippen molar-refractivity contribution < 1.29 is 13.8 Å². The van der Waals surface area contributed by atoms with Gasteiger partial charge < -0.3 is 17.0 Å². The fraction of sp³-hybridized carbons (Fsp3) is 0.357. The summed E-state index contributed by atoms with van der Waals surface area (Å²) in [5, 5.41) is 8.10. The zero-order valence-electron chi connectivity index (χ0n) is 11.2. The third-order valence-electron chi connectivity index (χ3n) is 3.36. The Bertz CT molecular complexity index is 577. The van der Waals surface area contributed by atoms with Gasteiger partial charge in [-0.15, -0.1) is 11.3 Å². The third kappa shape index (κ3) is 2.52. The van der Waals surface area contributed by atoms with E-state index >= 15 is 0 Å². The maximum Gasteiger partial charge on any atom is 1.00 e. The molecule has 0 saturated carbocycles. The molecule has 2 nitrogen and oxygen atoms in total. The number of nitrogens with one attached hydrogen (secondary N) is 1. The Labute approximate surface area is 119 Å². The first kappa shape index (κ1) is 13.4. The lowest BCUT2D eigenvalue weighted by Gasteiger charge is -2.14. The minimum atomic E-state index is 0. The van der Waals surface area contributed by atoms with Crippen LogP contribution in [0.2, 0.25) is 0 Å². The summed E-state index contributed by atoms with van der Waals surface area (Å²) in [7, 11) is 0. The third-order valence-corrected chi connectivity index (χ3v) is 4.46. The van der Waals surface area contributed by atoms with E-state index in [9.17, 15) is 0 Å². The highest BCUT2D eigenvalue weighted by Crippen LogP contribution is 2.23. The molecule has 0 atom stereocenters. The predicted molar refractivity (Wildman–Crippen MR) is 71.5 cm³/mol. The molecule has 0 saturated heterocycles. The minimum absolute atomic E-state index is 0. The van der Waals surface area contributed by atoms with Crippen LogP contribution in [0.3, 0.4) is 0 Å². The highest BCUT2D eigenvalue weighted by atomic mass is 35.5. The molecule has 1 aromatic carbocycles. The molecule has 1 aliphatic rings. The van der Waals surface area contributed by atoms with Gasteiger partial charge in [-0.05, 0) is 31.2 Å². The average molecular weight is 281 g/mol. The monoisotopic (exact) mass is 280 g/mol. The standard InChI is InChI=1S/C14H16N2S.ClH/c15-14-16(10-11-6-2-1-3-7-11)12-8-4-5-9-13(12)17-14;/h1-3,6-7,15H,4-5,8-10H2;1H. The molecule has 0 amide bonds. The molecule has 1 aliphatic carbocycles. The number of hydrogen-bond donors (Lipinski definition) is 1. The van der Waals surface area contributed by atoms with Crippen LogP contribution in [0.25, 0.3) is 0 Å². The first-order valence-electron chi connectivity index (χ1n) is 6.14. The van der Waals surface area contributed by atoms with Crippen LogP contribution in [-0.4, -0.2) is 4.57 Å². The van der Waals surface area contributed by atoms with E-state index in [0.29, 0.717) is 4.80 Å². The van der Waals surface area contributed by atoms with Crippen molar-refractivity contribution in [2.24, 2.45) is 0 Å². The van der Waals surface area contributed by atoms with E-state index in [1.54, 1.807) is 11.3 Å². The number of benzene rings is 1. The highest BCUT2D eigenvalue weighted by Gasteiger charge is 2.16. The normalized spacial score (nSPS) is 13.8. The zero-order chi connectivity index (χ0) is 11.7. The van der Waals surface area contributed by atoms with Crippen LogP contribution >= 0.6 is 11.3 Å². The summed E-state index contributed by atoms with van der Waals surface area (Å²) in [6.07, 6.45) is 4.89. The van der Waals surface area contributed by atoms with Gasteiger partial charge in [0.05, 0.1) is 6.54 Å². The zero-order valence-corrected chi connectivity index (χ0v) is 11.7. The molecule has 1 aromatic heterocycles. The number of fused-ring (bicyclic) bond motifs is 1. The summed E-state index contributed by atoms with van der Waals surface area (Å²) in [5.74, 6) is 0. The second kappa shape index (κ2) is 5.72. The molecule has 0 fully saturated rings. The SMILES string of the molecule is N=c1sc2c(n1Cc1ccccc1)CCCC2.[Cl-].[H+]. The topological polar surface area (TPSA) is 28.8 Å². The lowest BCUT2D eigenvalue weighted by Crippen LogP contribution is -3.00. The van der Waals surface area contributed by atoms with E-state index in [-0.39, 0.29) is 13.8 Å². The Balaban J connectivity index is 0.000000902. The smallest absolute Gasteiger partial charge is 1.00 e. The maximum atomic E-state index is 8.10. The quantitative estimate of drug-likeness (QED) is 0.807. The molecule has 0 bridgehead atoms. The van der Waals surface area contributed by atoms with Gasteiger partial charge in [-0.25, -0.2) is 0 Å². The van der Waals surface area contributed by atoms with Gasteiger partial charge in [-0.3, -0.25) is 5.41 Å². The van der Waals surface area contributed by atoms with E-state index in [4.69, 9.17) is 5.41 Å². The van der Waals surface area contributed by atoms with Gasteiger partial charge in [-0.1, -0.05) is 30.3 Å². The number of thiazole rings is 1. The van der Waals surface area contributed by atoms with Crippen LogP contribution in [0, 0.1) is 5.41 Å². The number of halogens is 1. The largest absolute Gasteiger partial charge is 1.00 e. The van der Waals surface area contributed by atoms with Crippen molar-refractivity contribution in [1.82, 2.24) is 4.57 Å². The highest BCUT2D eigenvalue weighted by molar-refractivity contribution is 7.09. The van der Waals surface area contributed by atoms with Gasteiger partial charge in [0.15, 0.2) is 4.80 Å². The number of aryl methyl sites for hydroxylation is 1. The fourth-order valence-electron chi connectivity index (χ4n) is 2.48. The van der Waals surface area contributed by atoms with Crippen molar-refractivity contribution in [3.05, 3.63) is 51.3 Å². The fourth-order valence-corrected chi connectivity index (χ4v) is 3.58. The molecule has 96 valence electrons. The van der Waals surface area contributed by atoms with Gasteiger partial charge in [0.1, 0.15) is 0 Å². The molecule has 3 rings (SSSR count). The van der Waals surface area contributed by atoms with Crippen LogP contribution in [0.5, 0.6) is 0 Å². The summed E-state index contributed by atoms with van der Waals surface area (Å²) in [5.41, 5.74) is 2.70. The molecule has 4 heteroatoms. The Morgan fingerprint density at radius 1 is 1.17 bits per heavy atom. The lowest BCUT2D eigenvalue weighted by atomic mass is 10.0. The molecule has 1 heterocycles. The molecule has 0 aliphatic heterocycles. The predicted octanol–water partition coefficient (Wildman–Crippen LogP) is 0.0727. The Kier molecular flexibility index (Phi) is 4.25. The molecule has 0 unspecified atom stereocenters. The average Bonchev–Trinajstić information content (AvgIpc) is 2.68.